The second kappa shape index (κ2) is 7.74. The molecule has 0 aliphatic rings. The summed E-state index contributed by atoms with van der Waals surface area (Å²) in [5.74, 6) is -1.42. The van der Waals surface area contributed by atoms with E-state index >= 15 is 0 Å². The Morgan fingerprint density at radius 1 is 1.08 bits per heavy atom. The number of halogens is 1. The molecule has 2 rings (SSSR count). The summed E-state index contributed by atoms with van der Waals surface area (Å²) < 4.78 is 22.8. The number of aromatic nitrogens is 1. The lowest BCUT2D eigenvalue weighted by Gasteiger charge is -2.06. The summed E-state index contributed by atoms with van der Waals surface area (Å²) in [5, 5.41) is 0. The van der Waals surface area contributed by atoms with Crippen molar-refractivity contribution in [2.45, 2.75) is 20.8 Å². The van der Waals surface area contributed by atoms with E-state index in [1.54, 1.807) is 13.8 Å². The summed E-state index contributed by atoms with van der Waals surface area (Å²) in [4.78, 5) is 38.2. The first-order chi connectivity index (χ1) is 11.8. The molecule has 0 atom stereocenters. The first kappa shape index (κ1) is 18.4. The maximum atomic E-state index is 12.8. The van der Waals surface area contributed by atoms with Gasteiger partial charge < -0.3 is 14.5 Å². The molecule has 0 saturated heterocycles. The average Bonchev–Trinajstić information content (AvgIpc) is 2.86. The smallest absolute Gasteiger partial charge is 0.344 e. The van der Waals surface area contributed by atoms with Crippen molar-refractivity contribution < 1.29 is 28.2 Å². The quantitative estimate of drug-likeness (QED) is 0.615. The van der Waals surface area contributed by atoms with Gasteiger partial charge in [-0.3, -0.25) is 9.59 Å². The van der Waals surface area contributed by atoms with Gasteiger partial charge in [0.1, 0.15) is 11.6 Å². The van der Waals surface area contributed by atoms with Crippen LogP contribution < -0.4 is 4.74 Å². The van der Waals surface area contributed by atoms with Gasteiger partial charge in [0.2, 0.25) is 5.78 Å². The van der Waals surface area contributed by atoms with Crippen LogP contribution in [0.1, 0.15) is 39.0 Å². The molecule has 1 N–H and O–H groups in total. The molecular formula is C18H18FNO5. The van der Waals surface area contributed by atoms with Gasteiger partial charge >= 0.3 is 5.97 Å². The number of rotatable bonds is 7. The monoisotopic (exact) mass is 347 g/mol. The molecule has 1 heterocycles. The molecule has 0 fully saturated rings. The maximum absolute atomic E-state index is 12.8. The molecule has 25 heavy (non-hydrogen) atoms. The average molecular weight is 347 g/mol. The van der Waals surface area contributed by atoms with Gasteiger partial charge in [-0.15, -0.1) is 0 Å². The van der Waals surface area contributed by atoms with Gasteiger partial charge in [0.05, 0.1) is 5.69 Å². The minimum atomic E-state index is -0.731. The largest absolute Gasteiger partial charge is 0.482 e. The van der Waals surface area contributed by atoms with Crippen molar-refractivity contribution in [2.75, 3.05) is 13.2 Å². The number of aryl methyl sites for hydroxylation is 1. The summed E-state index contributed by atoms with van der Waals surface area (Å²) in [6.45, 7) is 3.91. The fourth-order valence-corrected chi connectivity index (χ4v) is 2.49. The van der Waals surface area contributed by atoms with Crippen LogP contribution in [0, 0.1) is 19.7 Å². The lowest BCUT2D eigenvalue weighted by atomic mass is 10.1. The van der Waals surface area contributed by atoms with Gasteiger partial charge in [0, 0.05) is 11.3 Å². The third-order valence-corrected chi connectivity index (χ3v) is 3.60. The summed E-state index contributed by atoms with van der Waals surface area (Å²) in [5.41, 5.74) is 1.84. The van der Waals surface area contributed by atoms with Gasteiger partial charge in [-0.25, -0.2) is 9.18 Å². The topological polar surface area (TPSA) is 85.5 Å². The Bertz CT molecular complexity index is 808. The Balaban J connectivity index is 1.89. The van der Waals surface area contributed by atoms with Crippen molar-refractivity contribution in [3.8, 4) is 5.75 Å². The van der Waals surface area contributed by atoms with Crippen LogP contribution in [0.3, 0.4) is 0 Å². The maximum Gasteiger partial charge on any atom is 0.344 e. The van der Waals surface area contributed by atoms with Crippen LogP contribution >= 0.6 is 0 Å². The zero-order valence-electron chi connectivity index (χ0n) is 14.1. The predicted octanol–water partition coefficient (Wildman–Crippen LogP) is 2.78. The highest BCUT2D eigenvalue weighted by Gasteiger charge is 2.20. The molecule has 0 saturated carbocycles. The van der Waals surface area contributed by atoms with Crippen LogP contribution in [-0.2, 0) is 9.53 Å². The summed E-state index contributed by atoms with van der Waals surface area (Å²) >= 11 is 0. The number of aromatic amines is 1. The number of benzene rings is 1. The molecule has 2 aromatic rings. The lowest BCUT2D eigenvalue weighted by molar-refractivity contribution is -0.144. The van der Waals surface area contributed by atoms with Crippen molar-refractivity contribution in [3.63, 3.8) is 0 Å². The van der Waals surface area contributed by atoms with Gasteiger partial charge in [-0.05, 0) is 50.6 Å². The number of carbonyl (C=O) groups excluding carboxylic acids is 3. The Morgan fingerprint density at radius 3 is 2.28 bits per heavy atom. The standard InChI is InChI=1S/C18H18FNO5/c1-10-17(12(3)21)11(2)20-18(10)15(22)8-25-16(23)9-24-14-6-4-13(19)5-7-14/h4-7,20H,8-9H2,1-3H3. The first-order valence-electron chi connectivity index (χ1n) is 7.57. The molecule has 1 aromatic heterocycles. The third-order valence-electron chi connectivity index (χ3n) is 3.60. The van der Waals surface area contributed by atoms with E-state index in [0.717, 1.165) is 0 Å². The highest BCUT2D eigenvalue weighted by molar-refractivity contribution is 6.04. The number of hydrogen-bond acceptors (Lipinski definition) is 5. The minimum Gasteiger partial charge on any atom is -0.482 e. The van der Waals surface area contributed by atoms with Crippen LogP contribution in [0.25, 0.3) is 0 Å². The molecule has 0 spiro atoms. The van der Waals surface area contributed by atoms with E-state index < -0.39 is 30.8 Å². The van der Waals surface area contributed by atoms with Crippen LogP contribution in [0.15, 0.2) is 24.3 Å². The summed E-state index contributed by atoms with van der Waals surface area (Å²) in [6, 6.07) is 5.16. The van der Waals surface area contributed by atoms with Crippen molar-refractivity contribution in [2.24, 2.45) is 0 Å². The molecule has 0 amide bonds. The van der Waals surface area contributed by atoms with Crippen LogP contribution in [0.4, 0.5) is 4.39 Å². The number of Topliss-reactive ketones (excluding diaryl/α,β-unsaturated/α-hetero) is 2. The van der Waals surface area contributed by atoms with Crippen molar-refractivity contribution in [1.29, 1.82) is 0 Å². The van der Waals surface area contributed by atoms with Crippen molar-refractivity contribution >= 4 is 17.5 Å². The van der Waals surface area contributed by atoms with E-state index in [9.17, 15) is 18.8 Å². The summed E-state index contributed by atoms with van der Waals surface area (Å²) in [6.07, 6.45) is 0. The molecule has 7 heteroatoms. The number of ether oxygens (including phenoxy) is 2. The van der Waals surface area contributed by atoms with E-state index in [1.807, 2.05) is 0 Å². The minimum absolute atomic E-state index is 0.144. The molecule has 0 radical (unpaired) electrons. The molecule has 0 bridgehead atoms. The fourth-order valence-electron chi connectivity index (χ4n) is 2.49. The molecule has 0 aliphatic heterocycles. The Morgan fingerprint density at radius 2 is 1.72 bits per heavy atom. The zero-order valence-corrected chi connectivity index (χ0v) is 14.1. The van der Waals surface area contributed by atoms with Crippen LogP contribution in [0.2, 0.25) is 0 Å². The summed E-state index contributed by atoms with van der Waals surface area (Å²) in [7, 11) is 0. The Hall–Kier alpha value is -2.96. The number of hydrogen-bond donors (Lipinski definition) is 1. The Labute approximate surface area is 143 Å². The van der Waals surface area contributed by atoms with Gasteiger partial charge in [-0.2, -0.15) is 0 Å². The van der Waals surface area contributed by atoms with Crippen molar-refractivity contribution in [1.82, 2.24) is 4.98 Å². The van der Waals surface area contributed by atoms with E-state index in [2.05, 4.69) is 4.98 Å². The number of H-pyrrole nitrogens is 1. The molecular weight excluding hydrogens is 329 g/mol. The van der Waals surface area contributed by atoms with Gasteiger partial charge in [0.25, 0.3) is 0 Å². The van der Waals surface area contributed by atoms with E-state index in [4.69, 9.17) is 9.47 Å². The highest BCUT2D eigenvalue weighted by Crippen LogP contribution is 2.19. The number of ketones is 2. The normalized spacial score (nSPS) is 10.4. The van der Waals surface area contributed by atoms with E-state index in [0.29, 0.717) is 22.6 Å². The molecule has 1 aromatic carbocycles. The van der Waals surface area contributed by atoms with Gasteiger partial charge in [-0.1, -0.05) is 0 Å². The number of esters is 1. The van der Waals surface area contributed by atoms with Gasteiger partial charge in [0.15, 0.2) is 19.0 Å². The molecule has 0 aliphatic carbocycles. The highest BCUT2D eigenvalue weighted by atomic mass is 19.1. The van der Waals surface area contributed by atoms with E-state index in [1.165, 1.54) is 31.2 Å². The first-order valence-corrected chi connectivity index (χ1v) is 7.57. The second-order valence-electron chi connectivity index (χ2n) is 5.51. The SMILES string of the molecule is CC(=O)c1c(C)[nH]c(C(=O)COC(=O)COc2ccc(F)cc2)c1C. The molecule has 6 nitrogen and oxygen atoms in total. The van der Waals surface area contributed by atoms with E-state index in [-0.39, 0.29) is 11.5 Å². The second-order valence-corrected chi connectivity index (χ2v) is 5.51. The molecule has 0 unspecified atom stereocenters. The number of carbonyl (C=O) groups is 3. The Kier molecular flexibility index (Phi) is 5.69. The fraction of sp³-hybridized carbons (Fsp3) is 0.278. The zero-order chi connectivity index (χ0) is 18.6. The molecule has 132 valence electrons. The van der Waals surface area contributed by atoms with Crippen LogP contribution in [0.5, 0.6) is 5.75 Å². The predicted molar refractivity (Wildman–Crippen MR) is 87.5 cm³/mol. The number of nitrogens with one attached hydrogen (secondary N) is 1. The third kappa shape index (κ3) is 4.53. The van der Waals surface area contributed by atoms with Crippen LogP contribution in [-0.4, -0.2) is 35.7 Å². The lowest BCUT2D eigenvalue weighted by Crippen LogP contribution is -2.20. The van der Waals surface area contributed by atoms with Crippen molar-refractivity contribution in [3.05, 3.63) is 52.6 Å².